The Labute approximate surface area is 169 Å². The van der Waals surface area contributed by atoms with E-state index < -0.39 is 29.6 Å². The summed E-state index contributed by atoms with van der Waals surface area (Å²) in [7, 11) is 1.46. The van der Waals surface area contributed by atoms with Crippen molar-refractivity contribution in [3.63, 3.8) is 0 Å². The van der Waals surface area contributed by atoms with Crippen LogP contribution in [0.25, 0.3) is 0 Å². The molecular formula is C20H27N5O4. The van der Waals surface area contributed by atoms with Crippen LogP contribution in [0.3, 0.4) is 0 Å². The molecule has 1 atom stereocenters. The standard InChI is InChI=1S/C20H27N5O4/c1-13(24(5)19(28)29-20(2,3)4)18(27)23-17-15(16(21)26)25(12-22-17)11-14-9-7-6-8-10-14/h6-10,12-13H,11H2,1-5H3,(H2,21,26)(H,23,27). The van der Waals surface area contributed by atoms with Crippen LogP contribution in [0.2, 0.25) is 0 Å². The van der Waals surface area contributed by atoms with Gasteiger partial charge in [-0.05, 0) is 33.3 Å². The lowest BCUT2D eigenvalue weighted by molar-refractivity contribution is -0.120. The molecule has 0 bridgehead atoms. The lowest BCUT2D eigenvalue weighted by atomic mass is 10.2. The van der Waals surface area contributed by atoms with Gasteiger partial charge in [-0.1, -0.05) is 30.3 Å². The zero-order valence-corrected chi connectivity index (χ0v) is 17.3. The van der Waals surface area contributed by atoms with Gasteiger partial charge in [-0.25, -0.2) is 9.78 Å². The van der Waals surface area contributed by atoms with E-state index in [9.17, 15) is 14.4 Å². The first kappa shape index (κ1) is 21.9. The van der Waals surface area contributed by atoms with Gasteiger partial charge in [0, 0.05) is 13.6 Å². The summed E-state index contributed by atoms with van der Waals surface area (Å²) >= 11 is 0. The van der Waals surface area contributed by atoms with Gasteiger partial charge in [-0.3, -0.25) is 14.5 Å². The Morgan fingerprint density at radius 3 is 2.41 bits per heavy atom. The van der Waals surface area contributed by atoms with Gasteiger partial charge in [-0.2, -0.15) is 0 Å². The number of nitrogens with one attached hydrogen (secondary N) is 1. The van der Waals surface area contributed by atoms with Gasteiger partial charge in [0.25, 0.3) is 5.91 Å². The fourth-order valence-corrected chi connectivity index (χ4v) is 2.52. The van der Waals surface area contributed by atoms with Crippen LogP contribution in [0.4, 0.5) is 10.6 Å². The molecule has 156 valence electrons. The van der Waals surface area contributed by atoms with Crippen molar-refractivity contribution in [2.75, 3.05) is 12.4 Å². The molecule has 1 heterocycles. The van der Waals surface area contributed by atoms with Crippen molar-refractivity contribution in [2.45, 2.75) is 45.9 Å². The van der Waals surface area contributed by atoms with Gasteiger partial charge in [0.15, 0.2) is 11.5 Å². The van der Waals surface area contributed by atoms with Crippen molar-refractivity contribution in [1.29, 1.82) is 0 Å². The van der Waals surface area contributed by atoms with Gasteiger partial charge in [-0.15, -0.1) is 0 Å². The van der Waals surface area contributed by atoms with Crippen LogP contribution in [0.15, 0.2) is 36.7 Å². The molecule has 3 N–H and O–H groups in total. The molecule has 0 saturated heterocycles. The highest BCUT2D eigenvalue weighted by atomic mass is 16.6. The maximum Gasteiger partial charge on any atom is 0.410 e. The third-order valence-electron chi connectivity index (χ3n) is 4.15. The predicted molar refractivity (Wildman–Crippen MR) is 108 cm³/mol. The molecule has 0 saturated carbocycles. The Bertz CT molecular complexity index is 886. The molecule has 2 rings (SSSR count). The highest BCUT2D eigenvalue weighted by molar-refractivity contribution is 6.02. The van der Waals surface area contributed by atoms with Gasteiger partial charge >= 0.3 is 6.09 Å². The third-order valence-corrected chi connectivity index (χ3v) is 4.15. The van der Waals surface area contributed by atoms with Crippen LogP contribution in [-0.2, 0) is 16.1 Å². The largest absolute Gasteiger partial charge is 0.444 e. The first-order valence-corrected chi connectivity index (χ1v) is 9.15. The minimum absolute atomic E-state index is 0.0443. The number of nitrogens with two attached hydrogens (primary N) is 1. The van der Waals surface area contributed by atoms with E-state index in [4.69, 9.17) is 10.5 Å². The van der Waals surface area contributed by atoms with E-state index in [-0.39, 0.29) is 11.5 Å². The van der Waals surface area contributed by atoms with E-state index in [2.05, 4.69) is 10.3 Å². The molecule has 9 heteroatoms. The Morgan fingerprint density at radius 2 is 1.86 bits per heavy atom. The van der Waals surface area contributed by atoms with Crippen LogP contribution in [0, 0.1) is 0 Å². The highest BCUT2D eigenvalue weighted by Crippen LogP contribution is 2.17. The summed E-state index contributed by atoms with van der Waals surface area (Å²) in [5.41, 5.74) is 5.85. The molecule has 0 spiro atoms. The van der Waals surface area contributed by atoms with Crippen molar-refractivity contribution in [3.05, 3.63) is 47.9 Å². The van der Waals surface area contributed by atoms with E-state index >= 15 is 0 Å². The molecule has 0 aliphatic rings. The molecule has 1 aromatic carbocycles. The first-order valence-electron chi connectivity index (χ1n) is 9.15. The number of nitrogens with zero attached hydrogens (tertiary/aromatic N) is 3. The number of aromatic nitrogens is 2. The summed E-state index contributed by atoms with van der Waals surface area (Å²) in [6.45, 7) is 7.13. The molecule has 1 unspecified atom stereocenters. The minimum Gasteiger partial charge on any atom is -0.444 e. The van der Waals surface area contributed by atoms with Crippen molar-refractivity contribution < 1.29 is 19.1 Å². The van der Waals surface area contributed by atoms with Crippen molar-refractivity contribution in [3.8, 4) is 0 Å². The number of amides is 3. The molecule has 0 radical (unpaired) electrons. The second-order valence-electron chi connectivity index (χ2n) is 7.68. The number of ether oxygens (including phenoxy) is 1. The van der Waals surface area contributed by atoms with Crippen molar-refractivity contribution in [2.24, 2.45) is 5.73 Å². The topological polar surface area (TPSA) is 120 Å². The monoisotopic (exact) mass is 401 g/mol. The molecule has 2 aromatic rings. The fraction of sp³-hybridized carbons (Fsp3) is 0.400. The van der Waals surface area contributed by atoms with Gasteiger partial charge in [0.2, 0.25) is 5.91 Å². The van der Waals surface area contributed by atoms with Crippen molar-refractivity contribution in [1.82, 2.24) is 14.5 Å². The van der Waals surface area contributed by atoms with E-state index in [1.165, 1.54) is 18.3 Å². The Morgan fingerprint density at radius 1 is 1.24 bits per heavy atom. The predicted octanol–water partition coefficient (Wildman–Crippen LogP) is 2.22. The lowest BCUT2D eigenvalue weighted by Crippen LogP contribution is -2.45. The number of hydrogen-bond donors (Lipinski definition) is 2. The van der Waals surface area contributed by atoms with Gasteiger partial charge < -0.3 is 20.4 Å². The number of anilines is 1. The van der Waals surface area contributed by atoms with Gasteiger partial charge in [0.1, 0.15) is 11.6 Å². The number of likely N-dealkylation sites (N-methyl/N-ethyl adjacent to an activating group) is 1. The molecule has 0 aliphatic carbocycles. The summed E-state index contributed by atoms with van der Waals surface area (Å²) in [4.78, 5) is 42.0. The van der Waals surface area contributed by atoms with Crippen molar-refractivity contribution >= 4 is 23.7 Å². The summed E-state index contributed by atoms with van der Waals surface area (Å²) in [5, 5.41) is 2.58. The van der Waals surface area contributed by atoms with E-state index in [1.54, 1.807) is 32.3 Å². The zero-order chi connectivity index (χ0) is 21.8. The summed E-state index contributed by atoms with van der Waals surface area (Å²) < 4.78 is 6.83. The number of carbonyl (C=O) groups excluding carboxylic acids is 3. The number of imidazole rings is 1. The number of hydrogen-bond acceptors (Lipinski definition) is 5. The van der Waals surface area contributed by atoms with E-state index in [1.807, 2.05) is 30.3 Å². The minimum atomic E-state index is -0.857. The average molecular weight is 401 g/mol. The molecule has 3 amide bonds. The first-order chi connectivity index (χ1) is 13.5. The normalized spacial score (nSPS) is 12.2. The fourth-order valence-electron chi connectivity index (χ4n) is 2.52. The lowest BCUT2D eigenvalue weighted by Gasteiger charge is -2.28. The van der Waals surface area contributed by atoms with Crippen LogP contribution in [0.1, 0.15) is 43.7 Å². The quantitative estimate of drug-likeness (QED) is 0.769. The average Bonchev–Trinajstić information content (AvgIpc) is 3.02. The number of benzene rings is 1. The van der Waals surface area contributed by atoms with Gasteiger partial charge in [0.05, 0.1) is 6.33 Å². The Kier molecular flexibility index (Phi) is 6.63. The smallest absolute Gasteiger partial charge is 0.410 e. The SMILES string of the molecule is CC(C(=O)Nc1ncn(Cc2ccccc2)c1C(N)=O)N(C)C(=O)OC(C)(C)C. The maximum atomic E-state index is 12.6. The summed E-state index contributed by atoms with van der Waals surface area (Å²) in [6, 6.07) is 8.60. The second-order valence-corrected chi connectivity index (χ2v) is 7.68. The summed E-state index contributed by atoms with van der Waals surface area (Å²) in [6.07, 6.45) is 0.801. The van der Waals surface area contributed by atoms with Crippen LogP contribution in [-0.4, -0.2) is 51.0 Å². The summed E-state index contributed by atoms with van der Waals surface area (Å²) in [5.74, 6) is -1.20. The van der Waals surface area contributed by atoms with Crippen LogP contribution >= 0.6 is 0 Å². The molecular weight excluding hydrogens is 374 g/mol. The van der Waals surface area contributed by atoms with Crippen LogP contribution < -0.4 is 11.1 Å². The highest BCUT2D eigenvalue weighted by Gasteiger charge is 2.28. The number of rotatable bonds is 6. The molecule has 0 aliphatic heterocycles. The Balaban J connectivity index is 2.15. The molecule has 1 aromatic heterocycles. The second kappa shape index (κ2) is 8.76. The molecule has 29 heavy (non-hydrogen) atoms. The van der Waals surface area contributed by atoms with E-state index in [0.717, 1.165) is 5.56 Å². The maximum absolute atomic E-state index is 12.6. The molecule has 9 nitrogen and oxygen atoms in total. The zero-order valence-electron chi connectivity index (χ0n) is 17.3. The molecule has 0 fully saturated rings. The Hall–Kier alpha value is -3.36. The number of carbonyl (C=O) groups is 3. The number of primary amides is 1. The van der Waals surface area contributed by atoms with Crippen LogP contribution in [0.5, 0.6) is 0 Å². The third kappa shape index (κ3) is 5.81. The van der Waals surface area contributed by atoms with E-state index in [0.29, 0.717) is 6.54 Å².